The molecule has 0 atom stereocenters. The molecular formula is C10H9NO2. The molecule has 0 amide bonds. The van der Waals surface area contributed by atoms with Crippen molar-refractivity contribution >= 4 is 5.97 Å². The Balaban J connectivity index is 0.000000252. The van der Waals surface area contributed by atoms with Crippen LogP contribution < -0.4 is 0 Å². The van der Waals surface area contributed by atoms with Crippen LogP contribution in [0, 0.1) is 11.3 Å². The average molecular weight is 175 g/mol. The molecule has 0 fully saturated rings. The van der Waals surface area contributed by atoms with E-state index in [1.807, 2.05) is 24.3 Å². The van der Waals surface area contributed by atoms with E-state index in [9.17, 15) is 4.79 Å². The van der Waals surface area contributed by atoms with Gasteiger partial charge in [-0.3, -0.25) is 0 Å². The first kappa shape index (κ1) is 10.9. The first-order valence-corrected chi connectivity index (χ1v) is 3.51. The standard InChI is InChI=1S/C7H5N.C3H4O2/c8-6-7-4-2-1-3-5-7;1-2-3(4)5/h1-5H;2H,1H2,(H,4,5). The number of carbonyl (C=O) groups is 1. The van der Waals surface area contributed by atoms with Crippen LogP contribution in [0.25, 0.3) is 0 Å². The molecule has 3 heteroatoms. The highest BCUT2D eigenvalue weighted by Gasteiger charge is 1.79. The van der Waals surface area contributed by atoms with E-state index in [1.165, 1.54) is 0 Å². The number of nitriles is 1. The van der Waals surface area contributed by atoms with Crippen molar-refractivity contribution in [2.75, 3.05) is 0 Å². The topological polar surface area (TPSA) is 61.1 Å². The van der Waals surface area contributed by atoms with Crippen molar-refractivity contribution in [3.05, 3.63) is 48.6 Å². The minimum absolute atomic E-state index is 0.715. The smallest absolute Gasteiger partial charge is 0.327 e. The highest BCUT2D eigenvalue weighted by molar-refractivity contribution is 5.78. The molecule has 0 bridgehead atoms. The Morgan fingerprint density at radius 3 is 2.15 bits per heavy atom. The zero-order chi connectivity index (χ0) is 10.1. The van der Waals surface area contributed by atoms with Gasteiger partial charge in [0.05, 0.1) is 11.6 Å². The Morgan fingerprint density at radius 2 is 1.92 bits per heavy atom. The monoisotopic (exact) mass is 175 g/mol. The quantitative estimate of drug-likeness (QED) is 0.662. The summed E-state index contributed by atoms with van der Waals surface area (Å²) in [6.07, 6.45) is 0.833. The van der Waals surface area contributed by atoms with Crippen LogP contribution in [0.15, 0.2) is 43.0 Å². The van der Waals surface area contributed by atoms with Gasteiger partial charge in [-0.2, -0.15) is 5.26 Å². The zero-order valence-electron chi connectivity index (χ0n) is 6.97. The van der Waals surface area contributed by atoms with Crippen molar-refractivity contribution < 1.29 is 9.90 Å². The molecule has 0 aromatic heterocycles. The summed E-state index contributed by atoms with van der Waals surface area (Å²) >= 11 is 0. The first-order chi connectivity index (χ1) is 6.20. The molecule has 3 nitrogen and oxygen atoms in total. The van der Waals surface area contributed by atoms with Crippen LogP contribution >= 0.6 is 0 Å². The predicted molar refractivity (Wildman–Crippen MR) is 49.0 cm³/mol. The highest BCUT2D eigenvalue weighted by atomic mass is 16.4. The molecule has 0 radical (unpaired) electrons. The molecule has 1 aromatic carbocycles. The maximum absolute atomic E-state index is 9.25. The van der Waals surface area contributed by atoms with Crippen LogP contribution in [-0.2, 0) is 4.79 Å². The zero-order valence-corrected chi connectivity index (χ0v) is 6.97. The third-order valence-corrected chi connectivity index (χ3v) is 1.08. The first-order valence-electron chi connectivity index (χ1n) is 3.51. The van der Waals surface area contributed by atoms with E-state index in [4.69, 9.17) is 10.4 Å². The van der Waals surface area contributed by atoms with Crippen LogP contribution in [0.3, 0.4) is 0 Å². The van der Waals surface area contributed by atoms with Crippen molar-refractivity contribution in [1.82, 2.24) is 0 Å². The largest absolute Gasteiger partial charge is 0.478 e. The molecule has 0 aliphatic heterocycles. The number of carboxylic acids is 1. The fraction of sp³-hybridized carbons (Fsp3) is 0. The minimum atomic E-state index is -0.981. The van der Waals surface area contributed by atoms with Gasteiger partial charge in [-0.25, -0.2) is 4.79 Å². The maximum Gasteiger partial charge on any atom is 0.327 e. The molecule has 0 saturated heterocycles. The van der Waals surface area contributed by atoms with Gasteiger partial charge in [0, 0.05) is 6.08 Å². The summed E-state index contributed by atoms with van der Waals surface area (Å²) in [4.78, 5) is 9.25. The van der Waals surface area contributed by atoms with Gasteiger partial charge in [0.25, 0.3) is 0 Å². The molecule has 0 spiro atoms. The lowest BCUT2D eigenvalue weighted by atomic mass is 10.2. The van der Waals surface area contributed by atoms with Gasteiger partial charge in [-0.1, -0.05) is 24.8 Å². The minimum Gasteiger partial charge on any atom is -0.478 e. The number of aliphatic carboxylic acids is 1. The normalized spacial score (nSPS) is 7.31. The van der Waals surface area contributed by atoms with E-state index in [-0.39, 0.29) is 0 Å². The Hall–Kier alpha value is -2.08. The second-order valence-electron chi connectivity index (χ2n) is 2.02. The fourth-order valence-corrected chi connectivity index (χ4v) is 0.513. The molecule has 0 aliphatic carbocycles. The lowest BCUT2D eigenvalue weighted by molar-refractivity contribution is -0.131. The van der Waals surface area contributed by atoms with E-state index in [0.717, 1.165) is 6.08 Å². The predicted octanol–water partition coefficient (Wildman–Crippen LogP) is 1.82. The lowest BCUT2D eigenvalue weighted by Crippen LogP contribution is -1.82. The molecule has 1 aromatic rings. The van der Waals surface area contributed by atoms with Gasteiger partial charge < -0.3 is 5.11 Å². The number of rotatable bonds is 1. The molecule has 1 N–H and O–H groups in total. The number of hydrogen-bond acceptors (Lipinski definition) is 2. The van der Waals surface area contributed by atoms with Gasteiger partial charge in [0.1, 0.15) is 0 Å². The second kappa shape index (κ2) is 6.62. The van der Waals surface area contributed by atoms with Crippen molar-refractivity contribution in [3.63, 3.8) is 0 Å². The molecule has 1 rings (SSSR count). The fourth-order valence-electron chi connectivity index (χ4n) is 0.513. The van der Waals surface area contributed by atoms with E-state index < -0.39 is 5.97 Å². The van der Waals surface area contributed by atoms with E-state index >= 15 is 0 Å². The van der Waals surface area contributed by atoms with Crippen molar-refractivity contribution in [3.8, 4) is 6.07 Å². The van der Waals surface area contributed by atoms with E-state index in [2.05, 4.69) is 6.58 Å². The summed E-state index contributed by atoms with van der Waals surface area (Å²) in [5.74, 6) is -0.981. The highest BCUT2D eigenvalue weighted by Crippen LogP contribution is 1.93. The maximum atomic E-state index is 9.25. The van der Waals surface area contributed by atoms with Crippen LogP contribution in [-0.4, -0.2) is 11.1 Å². The van der Waals surface area contributed by atoms with Gasteiger partial charge in [-0.05, 0) is 12.1 Å². The Bertz CT molecular complexity index is 311. The lowest BCUT2D eigenvalue weighted by Gasteiger charge is -1.80. The molecule has 0 aliphatic rings. The number of carboxylic acid groups (broad SMARTS) is 1. The number of benzene rings is 1. The molecular weight excluding hydrogens is 166 g/mol. The summed E-state index contributed by atoms with van der Waals surface area (Å²) in [6.45, 7) is 2.96. The summed E-state index contributed by atoms with van der Waals surface area (Å²) in [5.41, 5.74) is 0.715. The van der Waals surface area contributed by atoms with E-state index in [1.54, 1.807) is 12.1 Å². The molecule has 13 heavy (non-hydrogen) atoms. The summed E-state index contributed by atoms with van der Waals surface area (Å²) < 4.78 is 0. The molecule has 0 saturated carbocycles. The van der Waals surface area contributed by atoms with Gasteiger partial charge in [0.2, 0.25) is 0 Å². The number of hydrogen-bond donors (Lipinski definition) is 1. The van der Waals surface area contributed by atoms with Crippen molar-refractivity contribution in [2.45, 2.75) is 0 Å². The summed E-state index contributed by atoms with van der Waals surface area (Å²) in [6, 6.07) is 11.2. The Morgan fingerprint density at radius 1 is 1.46 bits per heavy atom. The Kier molecular flexibility index (Phi) is 5.56. The summed E-state index contributed by atoms with van der Waals surface area (Å²) in [5, 5.41) is 15.9. The Labute approximate surface area is 76.6 Å². The summed E-state index contributed by atoms with van der Waals surface area (Å²) in [7, 11) is 0. The number of nitrogens with zero attached hydrogens (tertiary/aromatic N) is 1. The van der Waals surface area contributed by atoms with E-state index in [0.29, 0.717) is 5.56 Å². The van der Waals surface area contributed by atoms with Gasteiger partial charge in [-0.15, -0.1) is 0 Å². The molecule has 0 heterocycles. The van der Waals surface area contributed by atoms with Crippen LogP contribution in [0.4, 0.5) is 0 Å². The molecule has 66 valence electrons. The van der Waals surface area contributed by atoms with Gasteiger partial charge in [0.15, 0.2) is 0 Å². The average Bonchev–Trinajstić information content (AvgIpc) is 2.20. The van der Waals surface area contributed by atoms with Crippen molar-refractivity contribution in [1.29, 1.82) is 5.26 Å². The van der Waals surface area contributed by atoms with Crippen LogP contribution in [0.1, 0.15) is 5.56 Å². The van der Waals surface area contributed by atoms with Crippen LogP contribution in [0.2, 0.25) is 0 Å². The van der Waals surface area contributed by atoms with Crippen molar-refractivity contribution in [2.24, 2.45) is 0 Å². The third kappa shape index (κ3) is 6.32. The van der Waals surface area contributed by atoms with Crippen LogP contribution in [0.5, 0.6) is 0 Å². The third-order valence-electron chi connectivity index (χ3n) is 1.08. The SMILES string of the molecule is C=CC(=O)O.N#Cc1ccccc1. The second-order valence-corrected chi connectivity index (χ2v) is 2.02. The van der Waals surface area contributed by atoms with Gasteiger partial charge >= 0.3 is 5.97 Å². The molecule has 0 unspecified atom stereocenters.